The van der Waals surface area contributed by atoms with E-state index in [1.165, 1.54) is 4.90 Å². The molecule has 2 aliphatic rings. The van der Waals surface area contributed by atoms with Crippen LogP contribution in [0.4, 0.5) is 25.0 Å². The van der Waals surface area contributed by atoms with Gasteiger partial charge < -0.3 is 19.9 Å². The summed E-state index contributed by atoms with van der Waals surface area (Å²) in [5, 5.41) is 4.78. The molecular formula is C27H28F2N4O5. The third-order valence-corrected chi connectivity index (χ3v) is 6.61. The van der Waals surface area contributed by atoms with Gasteiger partial charge in [0.2, 0.25) is 11.8 Å². The maximum atomic E-state index is 14.7. The molecule has 200 valence electrons. The Morgan fingerprint density at radius 2 is 1.82 bits per heavy atom. The number of halogens is 2. The van der Waals surface area contributed by atoms with Crippen LogP contribution in [0.25, 0.3) is 0 Å². The summed E-state index contributed by atoms with van der Waals surface area (Å²) >= 11 is 0. The van der Waals surface area contributed by atoms with Crippen LogP contribution >= 0.6 is 0 Å². The van der Waals surface area contributed by atoms with Crippen LogP contribution < -0.4 is 20.4 Å². The molecule has 0 aliphatic carbocycles. The lowest BCUT2D eigenvalue weighted by molar-refractivity contribution is -0.134. The first kappa shape index (κ1) is 26.8. The minimum absolute atomic E-state index is 0.0156. The first-order chi connectivity index (χ1) is 18.1. The molecule has 2 fully saturated rings. The molecule has 0 spiro atoms. The first-order valence-electron chi connectivity index (χ1n) is 12.2. The van der Waals surface area contributed by atoms with E-state index in [2.05, 4.69) is 17.2 Å². The largest absolute Gasteiger partial charge is 0.449 e. The molecule has 1 atom stereocenters. The molecule has 0 radical (unpaired) electrons. The second-order valence-electron chi connectivity index (χ2n) is 9.26. The third-order valence-electron chi connectivity index (χ3n) is 6.61. The van der Waals surface area contributed by atoms with Gasteiger partial charge >= 0.3 is 6.09 Å². The predicted molar refractivity (Wildman–Crippen MR) is 136 cm³/mol. The van der Waals surface area contributed by atoms with E-state index in [-0.39, 0.29) is 49.1 Å². The van der Waals surface area contributed by atoms with Gasteiger partial charge in [0.05, 0.1) is 18.6 Å². The quantitative estimate of drug-likeness (QED) is 0.405. The van der Waals surface area contributed by atoms with E-state index in [1.54, 1.807) is 24.1 Å². The molecule has 0 aromatic heterocycles. The Labute approximate surface area is 218 Å². The third kappa shape index (κ3) is 5.99. The highest BCUT2D eigenvalue weighted by molar-refractivity contribution is 6.04. The number of para-hydroxylation sites is 1. The Hall–Kier alpha value is -4.28. The van der Waals surface area contributed by atoms with E-state index in [0.29, 0.717) is 18.7 Å². The SMILES string of the molecule is C=C(CCOC(=O)NC1CN(c2cc(F)c(C3CCC(=O)NC3=O)c(F)c2)C1)C(=O)N(C)c1ccccc1. The van der Waals surface area contributed by atoms with Crippen molar-refractivity contribution in [3.63, 3.8) is 0 Å². The van der Waals surface area contributed by atoms with Gasteiger partial charge in [0, 0.05) is 55.5 Å². The number of alkyl carbamates (subject to hydrolysis) is 1. The van der Waals surface area contributed by atoms with Crippen LogP contribution in [0, 0.1) is 11.6 Å². The van der Waals surface area contributed by atoms with Crippen LogP contribution in [0.2, 0.25) is 0 Å². The zero-order chi connectivity index (χ0) is 27.4. The number of ether oxygens (including phenoxy) is 1. The van der Waals surface area contributed by atoms with Crippen LogP contribution in [0.1, 0.15) is 30.7 Å². The first-order valence-corrected chi connectivity index (χ1v) is 12.2. The fourth-order valence-corrected chi connectivity index (χ4v) is 4.42. The molecule has 2 aliphatic heterocycles. The molecule has 0 saturated carbocycles. The van der Waals surface area contributed by atoms with Gasteiger partial charge in [0.25, 0.3) is 5.91 Å². The molecule has 0 bridgehead atoms. The normalized spacial score (nSPS) is 17.3. The Morgan fingerprint density at radius 1 is 1.16 bits per heavy atom. The molecule has 2 aromatic carbocycles. The van der Waals surface area contributed by atoms with Gasteiger partial charge in [-0.25, -0.2) is 13.6 Å². The predicted octanol–water partition coefficient (Wildman–Crippen LogP) is 3.01. The second-order valence-corrected chi connectivity index (χ2v) is 9.26. The molecule has 1 unspecified atom stereocenters. The minimum atomic E-state index is -1.06. The topological polar surface area (TPSA) is 108 Å². The lowest BCUT2D eigenvalue weighted by Crippen LogP contribution is -2.59. The van der Waals surface area contributed by atoms with E-state index in [0.717, 1.165) is 17.8 Å². The maximum absolute atomic E-state index is 14.7. The molecule has 11 heteroatoms. The van der Waals surface area contributed by atoms with Crippen LogP contribution in [0.15, 0.2) is 54.6 Å². The molecule has 2 heterocycles. The van der Waals surface area contributed by atoms with Crippen molar-refractivity contribution in [2.45, 2.75) is 31.2 Å². The number of hydrogen-bond acceptors (Lipinski definition) is 6. The van der Waals surface area contributed by atoms with Gasteiger partial charge in [-0.2, -0.15) is 0 Å². The van der Waals surface area contributed by atoms with E-state index < -0.39 is 35.5 Å². The molecule has 2 saturated heterocycles. The van der Waals surface area contributed by atoms with Crippen molar-refractivity contribution < 1.29 is 32.7 Å². The highest BCUT2D eigenvalue weighted by atomic mass is 19.1. The monoisotopic (exact) mass is 526 g/mol. The standard InChI is InChI=1S/C27H28F2N4O5/c1-16(26(36)32(2)18-6-4-3-5-7-18)10-11-38-27(37)30-17-14-33(15-17)19-12-21(28)24(22(29)13-19)20-8-9-23(34)31-25(20)35/h3-7,12-13,17,20H,1,8-11,14-15H2,2H3,(H,30,37)(H,31,34,35). The number of benzene rings is 2. The number of nitrogens with zero attached hydrogens (tertiary/aromatic N) is 2. The van der Waals surface area contributed by atoms with Gasteiger partial charge in [-0.05, 0) is 30.7 Å². The number of rotatable bonds is 8. The molecule has 2 aromatic rings. The number of carbonyl (C=O) groups excluding carboxylic acids is 4. The average Bonchev–Trinajstić information content (AvgIpc) is 2.86. The van der Waals surface area contributed by atoms with Gasteiger partial charge in [0.15, 0.2) is 0 Å². The van der Waals surface area contributed by atoms with Crippen molar-refractivity contribution in [1.29, 1.82) is 0 Å². The van der Waals surface area contributed by atoms with Gasteiger partial charge in [-0.3, -0.25) is 19.7 Å². The number of anilines is 2. The lowest BCUT2D eigenvalue weighted by Gasteiger charge is -2.41. The number of carbonyl (C=O) groups is 4. The number of nitrogens with one attached hydrogen (secondary N) is 2. The molecule has 2 N–H and O–H groups in total. The summed E-state index contributed by atoms with van der Waals surface area (Å²) in [7, 11) is 1.64. The van der Waals surface area contributed by atoms with Crippen molar-refractivity contribution in [2.24, 2.45) is 0 Å². The zero-order valence-electron chi connectivity index (χ0n) is 20.8. The summed E-state index contributed by atoms with van der Waals surface area (Å²) in [6.07, 6.45) is -0.446. The maximum Gasteiger partial charge on any atom is 0.407 e. The highest BCUT2D eigenvalue weighted by Crippen LogP contribution is 2.33. The van der Waals surface area contributed by atoms with Crippen LogP contribution in [-0.2, 0) is 19.1 Å². The fourth-order valence-electron chi connectivity index (χ4n) is 4.42. The van der Waals surface area contributed by atoms with Gasteiger partial charge in [-0.15, -0.1) is 0 Å². The summed E-state index contributed by atoms with van der Waals surface area (Å²) in [5.41, 5.74) is 0.938. The zero-order valence-corrected chi connectivity index (χ0v) is 20.8. The van der Waals surface area contributed by atoms with Crippen molar-refractivity contribution in [2.75, 3.05) is 36.5 Å². The average molecular weight is 527 g/mol. The number of hydrogen-bond donors (Lipinski definition) is 2. The molecule has 9 nitrogen and oxygen atoms in total. The molecule has 4 amide bonds. The summed E-state index contributed by atoms with van der Waals surface area (Å²) in [6, 6.07) is 11.1. The number of likely N-dealkylation sites (N-methyl/N-ethyl adjacent to an activating group) is 1. The minimum Gasteiger partial charge on any atom is -0.449 e. The van der Waals surface area contributed by atoms with Crippen LogP contribution in [-0.4, -0.2) is 56.6 Å². The van der Waals surface area contributed by atoms with Crippen LogP contribution in [0.5, 0.6) is 0 Å². The molecule has 4 rings (SSSR count). The smallest absolute Gasteiger partial charge is 0.407 e. The number of piperidine rings is 1. The Balaban J connectivity index is 1.21. The summed E-state index contributed by atoms with van der Waals surface area (Å²) < 4.78 is 34.6. The van der Waals surface area contributed by atoms with Crippen molar-refractivity contribution in [3.8, 4) is 0 Å². The molecular weight excluding hydrogens is 498 g/mol. The summed E-state index contributed by atoms with van der Waals surface area (Å²) in [5.74, 6) is -4.24. The molecule has 38 heavy (non-hydrogen) atoms. The Kier molecular flexibility index (Phi) is 8.04. The van der Waals surface area contributed by atoms with Gasteiger partial charge in [-0.1, -0.05) is 24.8 Å². The summed E-state index contributed by atoms with van der Waals surface area (Å²) in [6.45, 7) is 4.35. The highest BCUT2D eigenvalue weighted by Gasteiger charge is 2.34. The van der Waals surface area contributed by atoms with E-state index in [1.807, 2.05) is 18.2 Å². The fraction of sp³-hybridized carbons (Fsp3) is 0.333. The van der Waals surface area contributed by atoms with E-state index in [4.69, 9.17) is 4.74 Å². The van der Waals surface area contributed by atoms with E-state index in [9.17, 15) is 28.0 Å². The van der Waals surface area contributed by atoms with Crippen LogP contribution in [0.3, 0.4) is 0 Å². The lowest BCUT2D eigenvalue weighted by atomic mass is 9.89. The Bertz CT molecular complexity index is 1240. The number of amides is 4. The number of imide groups is 1. The van der Waals surface area contributed by atoms with E-state index >= 15 is 0 Å². The second kappa shape index (κ2) is 11.4. The van der Waals surface area contributed by atoms with Crippen molar-refractivity contribution in [1.82, 2.24) is 10.6 Å². The Morgan fingerprint density at radius 3 is 2.45 bits per heavy atom. The summed E-state index contributed by atoms with van der Waals surface area (Å²) in [4.78, 5) is 51.1. The van der Waals surface area contributed by atoms with Gasteiger partial charge in [0.1, 0.15) is 11.6 Å². The van der Waals surface area contributed by atoms with Crippen molar-refractivity contribution in [3.05, 3.63) is 71.8 Å². The van der Waals surface area contributed by atoms with Crippen molar-refractivity contribution >= 4 is 35.2 Å².